The zero-order chi connectivity index (χ0) is 18.7. The summed E-state index contributed by atoms with van der Waals surface area (Å²) in [5, 5.41) is 2.58. The van der Waals surface area contributed by atoms with Gasteiger partial charge in [-0.15, -0.1) is 0 Å². The Morgan fingerprint density at radius 1 is 1.27 bits per heavy atom. The lowest BCUT2D eigenvalue weighted by Crippen LogP contribution is -2.40. The van der Waals surface area contributed by atoms with Crippen molar-refractivity contribution in [1.29, 1.82) is 0 Å². The first-order chi connectivity index (χ1) is 12.4. The summed E-state index contributed by atoms with van der Waals surface area (Å²) < 4.78 is 43.9. The first-order valence-corrected chi connectivity index (χ1v) is 8.11. The molecule has 1 aromatic carbocycles. The summed E-state index contributed by atoms with van der Waals surface area (Å²) in [5.41, 5.74) is 0.406. The maximum atomic E-state index is 12.7. The predicted molar refractivity (Wildman–Crippen MR) is 90.0 cm³/mol. The van der Waals surface area contributed by atoms with Crippen molar-refractivity contribution in [3.05, 3.63) is 59.3 Å². The summed E-state index contributed by atoms with van der Waals surface area (Å²) in [4.78, 5) is 18.3. The molecule has 0 bridgehead atoms. The highest BCUT2D eigenvalue weighted by Gasteiger charge is 2.31. The lowest BCUT2D eigenvalue weighted by molar-refractivity contribution is -0.137. The molecule has 1 aromatic heterocycles. The third-order valence-corrected chi connectivity index (χ3v) is 4.23. The van der Waals surface area contributed by atoms with Crippen molar-refractivity contribution in [3.8, 4) is 0 Å². The van der Waals surface area contributed by atoms with E-state index in [1.165, 1.54) is 12.1 Å². The highest BCUT2D eigenvalue weighted by Crippen LogP contribution is 2.32. The number of amides is 1. The fourth-order valence-corrected chi connectivity index (χ4v) is 2.89. The second-order valence-electron chi connectivity index (χ2n) is 5.88. The predicted octanol–water partition coefficient (Wildman–Crippen LogP) is 3.04. The molecule has 1 unspecified atom stereocenters. The molecule has 1 saturated heterocycles. The van der Waals surface area contributed by atoms with Crippen molar-refractivity contribution in [2.24, 2.45) is 0 Å². The SMILES string of the molecule is CNC(=O)c1cccnc1N1CCOC(c2ccc(C(F)(F)F)cc2)C1. The number of carbonyl (C=O) groups is 1. The van der Waals surface area contributed by atoms with Crippen LogP contribution in [-0.2, 0) is 10.9 Å². The van der Waals surface area contributed by atoms with Gasteiger partial charge in [-0.2, -0.15) is 13.2 Å². The minimum absolute atomic E-state index is 0.245. The van der Waals surface area contributed by atoms with E-state index in [2.05, 4.69) is 10.3 Å². The van der Waals surface area contributed by atoms with Gasteiger partial charge in [0.15, 0.2) is 0 Å². The second kappa shape index (κ2) is 7.33. The van der Waals surface area contributed by atoms with Crippen molar-refractivity contribution >= 4 is 11.7 Å². The third-order valence-electron chi connectivity index (χ3n) is 4.23. The summed E-state index contributed by atoms with van der Waals surface area (Å²) in [6.07, 6.45) is -3.16. The lowest BCUT2D eigenvalue weighted by atomic mass is 10.0. The molecule has 1 amide bonds. The maximum absolute atomic E-state index is 12.7. The number of nitrogens with one attached hydrogen (secondary N) is 1. The summed E-state index contributed by atoms with van der Waals surface area (Å²) in [6, 6.07) is 8.32. The molecule has 3 rings (SSSR count). The van der Waals surface area contributed by atoms with E-state index < -0.39 is 17.8 Å². The number of morpholine rings is 1. The topological polar surface area (TPSA) is 54.5 Å². The van der Waals surface area contributed by atoms with E-state index in [1.54, 1.807) is 25.4 Å². The molecule has 1 fully saturated rings. The number of halogens is 3. The van der Waals surface area contributed by atoms with Crippen LogP contribution in [0.4, 0.5) is 19.0 Å². The van der Waals surface area contributed by atoms with Gasteiger partial charge in [-0.3, -0.25) is 4.79 Å². The molecule has 0 aliphatic carbocycles. The van der Waals surface area contributed by atoms with Crippen LogP contribution in [0.15, 0.2) is 42.6 Å². The minimum atomic E-state index is -4.37. The highest BCUT2D eigenvalue weighted by molar-refractivity contribution is 5.98. The van der Waals surface area contributed by atoms with Gasteiger partial charge >= 0.3 is 6.18 Å². The van der Waals surface area contributed by atoms with Gasteiger partial charge in [0.05, 0.1) is 17.7 Å². The monoisotopic (exact) mass is 365 g/mol. The van der Waals surface area contributed by atoms with Gasteiger partial charge < -0.3 is 15.0 Å². The van der Waals surface area contributed by atoms with Gasteiger partial charge in [-0.1, -0.05) is 12.1 Å². The van der Waals surface area contributed by atoms with E-state index in [0.717, 1.165) is 12.1 Å². The van der Waals surface area contributed by atoms with E-state index in [9.17, 15) is 18.0 Å². The molecule has 1 N–H and O–H groups in total. The highest BCUT2D eigenvalue weighted by atomic mass is 19.4. The number of hydrogen-bond acceptors (Lipinski definition) is 4. The number of nitrogens with zero attached hydrogens (tertiary/aromatic N) is 2. The Kier molecular flexibility index (Phi) is 5.13. The number of benzene rings is 1. The first kappa shape index (κ1) is 18.2. The smallest absolute Gasteiger partial charge is 0.370 e. The number of hydrogen-bond donors (Lipinski definition) is 1. The average molecular weight is 365 g/mol. The molecular weight excluding hydrogens is 347 g/mol. The van der Waals surface area contributed by atoms with E-state index >= 15 is 0 Å². The number of ether oxygens (including phenoxy) is 1. The van der Waals surface area contributed by atoms with Crippen LogP contribution >= 0.6 is 0 Å². The normalized spacial score (nSPS) is 17.8. The number of alkyl halides is 3. The van der Waals surface area contributed by atoms with Crippen LogP contribution < -0.4 is 10.2 Å². The van der Waals surface area contributed by atoms with E-state index in [4.69, 9.17) is 4.74 Å². The van der Waals surface area contributed by atoms with Crippen molar-refractivity contribution in [3.63, 3.8) is 0 Å². The molecule has 1 aliphatic heterocycles. The molecule has 2 aromatic rings. The number of aromatic nitrogens is 1. The van der Waals surface area contributed by atoms with Crippen molar-refractivity contribution in [2.45, 2.75) is 12.3 Å². The van der Waals surface area contributed by atoms with Crippen molar-refractivity contribution in [1.82, 2.24) is 10.3 Å². The average Bonchev–Trinajstić information content (AvgIpc) is 2.67. The zero-order valence-electron chi connectivity index (χ0n) is 14.1. The Morgan fingerprint density at radius 3 is 2.65 bits per heavy atom. The number of pyridine rings is 1. The zero-order valence-corrected chi connectivity index (χ0v) is 14.1. The summed E-state index contributed by atoms with van der Waals surface area (Å²) in [5.74, 6) is 0.290. The van der Waals surface area contributed by atoms with Crippen molar-refractivity contribution < 1.29 is 22.7 Å². The van der Waals surface area contributed by atoms with Crippen LogP contribution in [0.3, 0.4) is 0 Å². The number of anilines is 1. The van der Waals surface area contributed by atoms with Gasteiger partial charge in [0.25, 0.3) is 5.91 Å². The van der Waals surface area contributed by atoms with Crippen LogP contribution in [0.2, 0.25) is 0 Å². The van der Waals surface area contributed by atoms with Gasteiger partial charge in [-0.05, 0) is 29.8 Å². The van der Waals surface area contributed by atoms with Crippen LogP contribution in [0, 0.1) is 0 Å². The van der Waals surface area contributed by atoms with Gasteiger partial charge in [0.2, 0.25) is 0 Å². The second-order valence-corrected chi connectivity index (χ2v) is 5.88. The summed E-state index contributed by atoms with van der Waals surface area (Å²) in [7, 11) is 1.55. The van der Waals surface area contributed by atoms with E-state index in [0.29, 0.717) is 36.6 Å². The Bertz CT molecular complexity index is 778. The summed E-state index contributed by atoms with van der Waals surface area (Å²) in [6.45, 7) is 1.32. The molecule has 2 heterocycles. The molecule has 0 saturated carbocycles. The molecule has 0 radical (unpaired) electrons. The Balaban J connectivity index is 1.81. The minimum Gasteiger partial charge on any atom is -0.370 e. The largest absolute Gasteiger partial charge is 0.416 e. The molecule has 1 aliphatic rings. The molecule has 138 valence electrons. The van der Waals surface area contributed by atoms with Crippen LogP contribution in [0.25, 0.3) is 0 Å². The Hall–Kier alpha value is -2.61. The molecule has 26 heavy (non-hydrogen) atoms. The Morgan fingerprint density at radius 2 is 2.00 bits per heavy atom. The van der Waals surface area contributed by atoms with E-state index in [1.807, 2.05) is 4.90 Å². The third kappa shape index (κ3) is 3.80. The van der Waals surface area contributed by atoms with Gasteiger partial charge in [0, 0.05) is 26.3 Å². The lowest BCUT2D eigenvalue weighted by Gasteiger charge is -2.34. The fourth-order valence-electron chi connectivity index (χ4n) is 2.89. The molecular formula is C18H18F3N3O2. The number of carbonyl (C=O) groups excluding carboxylic acids is 1. The molecule has 8 heteroatoms. The van der Waals surface area contributed by atoms with Crippen LogP contribution in [-0.4, -0.2) is 37.6 Å². The first-order valence-electron chi connectivity index (χ1n) is 8.11. The number of rotatable bonds is 3. The molecule has 1 atom stereocenters. The van der Waals surface area contributed by atoms with E-state index in [-0.39, 0.29) is 5.91 Å². The van der Waals surface area contributed by atoms with Crippen LogP contribution in [0.1, 0.15) is 27.6 Å². The standard InChI is InChI=1S/C18H18F3N3O2/c1-22-17(25)14-3-2-8-23-16(14)24-9-10-26-15(11-24)12-4-6-13(7-5-12)18(19,20)21/h2-8,15H,9-11H2,1H3,(H,22,25). The molecule has 5 nitrogen and oxygen atoms in total. The fraction of sp³-hybridized carbons (Fsp3) is 0.333. The Labute approximate surface area is 148 Å². The van der Waals surface area contributed by atoms with Gasteiger partial charge in [0.1, 0.15) is 11.9 Å². The maximum Gasteiger partial charge on any atom is 0.416 e. The summed E-state index contributed by atoms with van der Waals surface area (Å²) >= 11 is 0. The van der Waals surface area contributed by atoms with Crippen molar-refractivity contribution in [2.75, 3.05) is 31.6 Å². The quantitative estimate of drug-likeness (QED) is 0.909. The van der Waals surface area contributed by atoms with Gasteiger partial charge in [-0.25, -0.2) is 4.98 Å². The molecule has 0 spiro atoms. The van der Waals surface area contributed by atoms with Crippen LogP contribution in [0.5, 0.6) is 0 Å².